The van der Waals surface area contributed by atoms with Crippen LogP contribution in [0.15, 0.2) is 309 Å². The van der Waals surface area contributed by atoms with Gasteiger partial charge in [-0.15, -0.1) is 0 Å². The summed E-state index contributed by atoms with van der Waals surface area (Å²) < 4.78 is 13.3. The van der Waals surface area contributed by atoms with Crippen molar-refractivity contribution in [3.63, 3.8) is 0 Å². The molecule has 0 aromatic heterocycles. The van der Waals surface area contributed by atoms with Gasteiger partial charge in [0, 0.05) is 39.3 Å². The van der Waals surface area contributed by atoms with Crippen LogP contribution in [0.3, 0.4) is 0 Å². The van der Waals surface area contributed by atoms with Crippen LogP contribution in [-0.2, 0) is 10.8 Å². The zero-order chi connectivity index (χ0) is 54.6. The average molecular weight is 1060 g/mol. The van der Waals surface area contributed by atoms with Crippen LogP contribution in [0.25, 0.3) is 66.8 Å². The SMILES string of the molecule is c1ccc(-c2ccc(-c3ccc(N(c4ccc(-c5ccc6c(c5)-c5ccccc5C65c6ccccc6Oc6ccccc65)cc4)c4ccc(-c5cccc6c5-c5ccccc5C65c6ccccc6Oc6ccccc65)cc4)cc3)cc2)cc1. The molecule has 83 heavy (non-hydrogen) atoms. The monoisotopic (exact) mass is 1060 g/mol. The van der Waals surface area contributed by atoms with Crippen LogP contribution in [0.4, 0.5) is 17.1 Å². The number of nitrogens with zero attached hydrogens (tertiary/aromatic N) is 1. The van der Waals surface area contributed by atoms with E-state index in [1.165, 1.54) is 83.5 Å². The molecular formula is C80H51NO2. The molecule has 0 amide bonds. The third-order valence-electron chi connectivity index (χ3n) is 18.1. The largest absolute Gasteiger partial charge is 0.457 e. The molecular weight excluding hydrogens is 1010 g/mol. The van der Waals surface area contributed by atoms with Gasteiger partial charge in [-0.3, -0.25) is 0 Å². The molecule has 17 rings (SSSR count). The van der Waals surface area contributed by atoms with Crippen molar-refractivity contribution in [2.45, 2.75) is 10.8 Å². The van der Waals surface area contributed by atoms with E-state index in [0.29, 0.717) is 0 Å². The van der Waals surface area contributed by atoms with Gasteiger partial charge >= 0.3 is 0 Å². The normalized spacial score (nSPS) is 13.7. The van der Waals surface area contributed by atoms with Gasteiger partial charge in [0.2, 0.25) is 0 Å². The second-order valence-corrected chi connectivity index (χ2v) is 22.2. The van der Waals surface area contributed by atoms with Gasteiger partial charge < -0.3 is 14.4 Å². The summed E-state index contributed by atoms with van der Waals surface area (Å²) >= 11 is 0. The molecule has 2 spiro atoms. The van der Waals surface area contributed by atoms with Crippen molar-refractivity contribution in [2.24, 2.45) is 0 Å². The smallest absolute Gasteiger partial charge is 0.132 e. The number of fused-ring (bicyclic) bond motifs is 18. The van der Waals surface area contributed by atoms with E-state index < -0.39 is 10.8 Å². The van der Waals surface area contributed by atoms with Crippen LogP contribution >= 0.6 is 0 Å². The molecule has 3 nitrogen and oxygen atoms in total. The van der Waals surface area contributed by atoms with Crippen molar-refractivity contribution < 1.29 is 9.47 Å². The summed E-state index contributed by atoms with van der Waals surface area (Å²) in [5.74, 6) is 3.59. The van der Waals surface area contributed by atoms with Crippen LogP contribution in [-0.4, -0.2) is 0 Å². The maximum atomic E-state index is 6.65. The zero-order valence-electron chi connectivity index (χ0n) is 45.2. The molecule has 0 saturated heterocycles. The highest BCUT2D eigenvalue weighted by Crippen LogP contribution is 2.65. The minimum absolute atomic E-state index is 0.506. The standard InChI is InChI=1S/C80H51NO2/c1-2-17-52(18-3-1)53-33-35-54(36-34-53)55-37-44-59(45-38-55)81(60-46-39-56(40-47-60)58-43-50-68-65(51-58)63-19-4-6-22-66(63)79(68)69-24-8-12-29-74(69)82-75-30-13-9-25-70(75)79)61-48-41-57(42-49-61)62-21-16-28-73-78(62)64-20-5-7-23-67(64)80(73)71-26-10-14-31-76(71)83-77-32-15-11-27-72(77)80/h1-51H. The molecule has 2 aliphatic heterocycles. The molecule has 0 radical (unpaired) electrons. The van der Waals surface area contributed by atoms with Crippen molar-refractivity contribution in [1.29, 1.82) is 0 Å². The lowest BCUT2D eigenvalue weighted by atomic mass is 9.66. The van der Waals surface area contributed by atoms with Crippen LogP contribution < -0.4 is 14.4 Å². The number of benzene rings is 13. The second kappa shape index (κ2) is 18.4. The van der Waals surface area contributed by atoms with E-state index in [0.717, 1.165) is 67.9 Å². The fraction of sp³-hybridized carbons (Fsp3) is 0.0250. The Morgan fingerprint density at radius 1 is 0.205 bits per heavy atom. The molecule has 4 aliphatic rings. The van der Waals surface area contributed by atoms with Gasteiger partial charge in [-0.1, -0.05) is 243 Å². The Balaban J connectivity index is 0.766. The Morgan fingerprint density at radius 3 is 1.04 bits per heavy atom. The van der Waals surface area contributed by atoms with E-state index in [-0.39, 0.29) is 0 Å². The molecule has 2 heterocycles. The average Bonchev–Trinajstić information content (AvgIpc) is 2.87. The summed E-state index contributed by atoms with van der Waals surface area (Å²) in [7, 11) is 0. The highest BCUT2D eigenvalue weighted by Gasteiger charge is 2.53. The molecule has 13 aromatic carbocycles. The molecule has 3 heteroatoms. The zero-order valence-corrected chi connectivity index (χ0v) is 45.2. The molecule has 388 valence electrons. The number of para-hydroxylation sites is 4. The Kier molecular flexibility index (Phi) is 10.4. The Morgan fingerprint density at radius 2 is 0.530 bits per heavy atom. The van der Waals surface area contributed by atoms with Crippen molar-refractivity contribution in [2.75, 3.05) is 4.90 Å². The molecule has 2 aliphatic carbocycles. The third-order valence-corrected chi connectivity index (χ3v) is 18.1. The molecule has 0 N–H and O–H groups in total. The lowest BCUT2D eigenvalue weighted by Crippen LogP contribution is -2.32. The van der Waals surface area contributed by atoms with Crippen LogP contribution in [0.5, 0.6) is 23.0 Å². The van der Waals surface area contributed by atoms with Crippen molar-refractivity contribution in [3.8, 4) is 89.8 Å². The lowest BCUT2D eigenvalue weighted by molar-refractivity contribution is 0.436. The number of hydrogen-bond acceptors (Lipinski definition) is 3. The lowest BCUT2D eigenvalue weighted by Gasteiger charge is -2.39. The second-order valence-electron chi connectivity index (χ2n) is 22.2. The fourth-order valence-electron chi connectivity index (χ4n) is 14.5. The molecule has 0 saturated carbocycles. The topological polar surface area (TPSA) is 21.7 Å². The fourth-order valence-corrected chi connectivity index (χ4v) is 14.5. The van der Waals surface area contributed by atoms with Crippen LogP contribution in [0.1, 0.15) is 44.5 Å². The van der Waals surface area contributed by atoms with Gasteiger partial charge in [-0.2, -0.15) is 0 Å². The van der Waals surface area contributed by atoms with Crippen molar-refractivity contribution in [3.05, 3.63) is 354 Å². The Bertz CT molecular complexity index is 4620. The number of ether oxygens (including phenoxy) is 2. The number of hydrogen-bond donors (Lipinski definition) is 0. The van der Waals surface area contributed by atoms with E-state index >= 15 is 0 Å². The molecule has 0 atom stereocenters. The van der Waals surface area contributed by atoms with Gasteiger partial charge in [-0.25, -0.2) is 0 Å². The maximum absolute atomic E-state index is 6.65. The van der Waals surface area contributed by atoms with Gasteiger partial charge in [0.05, 0.1) is 10.8 Å². The molecule has 0 fully saturated rings. The van der Waals surface area contributed by atoms with Gasteiger partial charge in [0.1, 0.15) is 23.0 Å². The summed E-state index contributed by atoms with van der Waals surface area (Å²) in [6, 6.07) is 113. The van der Waals surface area contributed by atoms with Gasteiger partial charge in [-0.05, 0) is 156 Å². The van der Waals surface area contributed by atoms with Crippen molar-refractivity contribution in [1.82, 2.24) is 0 Å². The predicted molar refractivity (Wildman–Crippen MR) is 338 cm³/mol. The van der Waals surface area contributed by atoms with E-state index in [1.807, 2.05) is 0 Å². The number of anilines is 3. The van der Waals surface area contributed by atoms with E-state index in [4.69, 9.17) is 9.47 Å². The summed E-state index contributed by atoms with van der Waals surface area (Å²) in [6.45, 7) is 0. The first-order valence-corrected chi connectivity index (χ1v) is 28.6. The third kappa shape index (κ3) is 6.92. The van der Waals surface area contributed by atoms with E-state index in [2.05, 4.69) is 314 Å². The van der Waals surface area contributed by atoms with Crippen molar-refractivity contribution >= 4 is 17.1 Å². The highest BCUT2D eigenvalue weighted by molar-refractivity contribution is 5.97. The minimum Gasteiger partial charge on any atom is -0.457 e. The first kappa shape index (κ1) is 47.1. The first-order valence-electron chi connectivity index (χ1n) is 28.6. The maximum Gasteiger partial charge on any atom is 0.132 e. The summed E-state index contributed by atoms with van der Waals surface area (Å²) in [6.07, 6.45) is 0. The summed E-state index contributed by atoms with van der Waals surface area (Å²) in [4.78, 5) is 2.38. The molecule has 0 unspecified atom stereocenters. The quantitative estimate of drug-likeness (QED) is 0.159. The molecule has 0 bridgehead atoms. The number of rotatable bonds is 7. The Labute approximate surface area is 483 Å². The predicted octanol–water partition coefficient (Wildman–Crippen LogP) is 20.8. The van der Waals surface area contributed by atoms with Crippen LogP contribution in [0, 0.1) is 0 Å². The highest BCUT2D eigenvalue weighted by atomic mass is 16.5. The first-order chi connectivity index (χ1) is 41.1. The summed E-state index contributed by atoms with van der Waals surface area (Å²) in [5, 5.41) is 0. The van der Waals surface area contributed by atoms with E-state index in [9.17, 15) is 0 Å². The van der Waals surface area contributed by atoms with Gasteiger partial charge in [0.25, 0.3) is 0 Å². The van der Waals surface area contributed by atoms with E-state index in [1.54, 1.807) is 0 Å². The van der Waals surface area contributed by atoms with Gasteiger partial charge in [0.15, 0.2) is 0 Å². The van der Waals surface area contributed by atoms with Crippen LogP contribution in [0.2, 0.25) is 0 Å². The Hall–Kier alpha value is -10.7. The molecule has 13 aromatic rings. The summed E-state index contributed by atoms with van der Waals surface area (Å²) in [5.41, 5.74) is 26.4. The minimum atomic E-state index is -0.540.